The molecule has 3 aromatic rings. The van der Waals surface area contributed by atoms with Crippen LogP contribution in [-0.2, 0) is 16.0 Å². The van der Waals surface area contributed by atoms with Gasteiger partial charge in [0.05, 0.1) is 28.7 Å². The number of ketones is 1. The standard InChI is InChI=1S/C21H19N3O2S/c1-14(18(25)8-5-11-22)23-20(26)13-21-24-17-10-9-16(12-19(17)27-21)15-6-3-2-4-7-15/h2-4,6-7,9-10,12,14H,5,8,13H2,1H3,(H,23,26)/t14-/m1/s1. The van der Waals surface area contributed by atoms with Crippen LogP contribution in [0.25, 0.3) is 21.3 Å². The second-order valence-electron chi connectivity index (χ2n) is 6.25. The molecular weight excluding hydrogens is 358 g/mol. The number of hydrogen-bond donors (Lipinski definition) is 1. The van der Waals surface area contributed by atoms with Crippen molar-refractivity contribution in [3.05, 3.63) is 53.5 Å². The van der Waals surface area contributed by atoms with Gasteiger partial charge in [0.15, 0.2) is 5.78 Å². The van der Waals surface area contributed by atoms with Gasteiger partial charge in [0, 0.05) is 12.8 Å². The molecule has 0 aliphatic carbocycles. The number of benzene rings is 2. The second kappa shape index (κ2) is 8.56. The summed E-state index contributed by atoms with van der Waals surface area (Å²) in [6.07, 6.45) is 0.456. The Morgan fingerprint density at radius 3 is 2.70 bits per heavy atom. The lowest BCUT2D eigenvalue weighted by Gasteiger charge is -2.11. The molecule has 0 unspecified atom stereocenters. The van der Waals surface area contributed by atoms with Crippen molar-refractivity contribution in [2.45, 2.75) is 32.2 Å². The lowest BCUT2D eigenvalue weighted by Crippen LogP contribution is -2.39. The summed E-state index contributed by atoms with van der Waals surface area (Å²) in [7, 11) is 0. The number of hydrogen-bond acceptors (Lipinski definition) is 5. The van der Waals surface area contributed by atoms with Gasteiger partial charge in [-0.3, -0.25) is 9.59 Å². The summed E-state index contributed by atoms with van der Waals surface area (Å²) in [6.45, 7) is 1.64. The quantitative estimate of drug-likeness (QED) is 0.677. The number of nitriles is 1. The first kappa shape index (κ1) is 18.7. The number of carbonyl (C=O) groups is 2. The van der Waals surface area contributed by atoms with E-state index in [1.54, 1.807) is 6.92 Å². The lowest BCUT2D eigenvalue weighted by atomic mass is 10.1. The predicted octanol–water partition coefficient (Wildman–Crippen LogP) is 3.88. The number of thiazole rings is 1. The number of nitrogens with one attached hydrogen (secondary N) is 1. The molecule has 0 radical (unpaired) electrons. The molecule has 5 nitrogen and oxygen atoms in total. The molecule has 0 saturated carbocycles. The summed E-state index contributed by atoms with van der Waals surface area (Å²) in [5.74, 6) is -0.378. The Kier molecular flexibility index (Phi) is 5.94. The number of amides is 1. The van der Waals surface area contributed by atoms with Crippen LogP contribution in [0.1, 0.15) is 24.8 Å². The van der Waals surface area contributed by atoms with E-state index in [1.165, 1.54) is 11.3 Å². The zero-order valence-corrected chi connectivity index (χ0v) is 15.8. The normalized spacial score (nSPS) is 11.7. The Hall–Kier alpha value is -3.04. The highest BCUT2D eigenvalue weighted by Crippen LogP contribution is 2.28. The van der Waals surface area contributed by atoms with Crippen LogP contribution >= 0.6 is 11.3 Å². The average molecular weight is 377 g/mol. The maximum Gasteiger partial charge on any atom is 0.227 e. The predicted molar refractivity (Wildman–Crippen MR) is 106 cm³/mol. The molecule has 2 aromatic carbocycles. The van der Waals surface area contributed by atoms with Crippen LogP contribution in [0.2, 0.25) is 0 Å². The van der Waals surface area contributed by atoms with Gasteiger partial charge in [-0.15, -0.1) is 11.3 Å². The van der Waals surface area contributed by atoms with Crippen molar-refractivity contribution < 1.29 is 9.59 Å². The SMILES string of the molecule is C[C@@H](NC(=O)Cc1nc2ccc(-c3ccccc3)cc2s1)C(=O)CCC#N. The third-order valence-electron chi connectivity index (χ3n) is 4.20. The molecule has 1 N–H and O–H groups in total. The molecule has 0 spiro atoms. The van der Waals surface area contributed by atoms with E-state index in [-0.39, 0.29) is 31.0 Å². The van der Waals surface area contributed by atoms with Gasteiger partial charge in [0.2, 0.25) is 5.91 Å². The highest BCUT2D eigenvalue weighted by molar-refractivity contribution is 7.18. The number of rotatable bonds is 7. The van der Waals surface area contributed by atoms with Gasteiger partial charge in [0.25, 0.3) is 0 Å². The summed E-state index contributed by atoms with van der Waals surface area (Å²) < 4.78 is 1.03. The van der Waals surface area contributed by atoms with Crippen molar-refractivity contribution in [3.63, 3.8) is 0 Å². The maximum atomic E-state index is 12.2. The van der Waals surface area contributed by atoms with Crippen LogP contribution in [0.15, 0.2) is 48.5 Å². The Bertz CT molecular complexity index is 1010. The molecule has 0 aliphatic heterocycles. The molecule has 6 heteroatoms. The minimum atomic E-state index is -0.593. The Labute approximate surface area is 161 Å². The number of nitrogens with zero attached hydrogens (tertiary/aromatic N) is 2. The first-order valence-electron chi connectivity index (χ1n) is 8.70. The average Bonchev–Trinajstić information content (AvgIpc) is 3.07. The third kappa shape index (κ3) is 4.78. The molecule has 1 amide bonds. The van der Waals surface area contributed by atoms with Crippen LogP contribution in [0.4, 0.5) is 0 Å². The van der Waals surface area contributed by atoms with E-state index in [0.717, 1.165) is 21.3 Å². The first-order valence-corrected chi connectivity index (χ1v) is 9.52. The van der Waals surface area contributed by atoms with Gasteiger partial charge in [0.1, 0.15) is 5.01 Å². The Morgan fingerprint density at radius 1 is 1.19 bits per heavy atom. The highest BCUT2D eigenvalue weighted by atomic mass is 32.1. The zero-order chi connectivity index (χ0) is 19.2. The smallest absolute Gasteiger partial charge is 0.227 e. The molecule has 0 bridgehead atoms. The van der Waals surface area contributed by atoms with Gasteiger partial charge in [-0.2, -0.15) is 5.26 Å². The Balaban J connectivity index is 1.68. The van der Waals surface area contributed by atoms with Crippen LogP contribution in [0.5, 0.6) is 0 Å². The highest BCUT2D eigenvalue weighted by Gasteiger charge is 2.16. The monoisotopic (exact) mass is 377 g/mol. The van der Waals surface area contributed by atoms with Crippen molar-refractivity contribution in [2.24, 2.45) is 0 Å². The fourth-order valence-electron chi connectivity index (χ4n) is 2.76. The van der Waals surface area contributed by atoms with E-state index in [1.807, 2.05) is 36.4 Å². The number of Topliss-reactive ketones (excluding diaryl/α,β-unsaturated/α-hetero) is 1. The molecule has 136 valence electrons. The van der Waals surface area contributed by atoms with Gasteiger partial charge in [-0.25, -0.2) is 4.98 Å². The zero-order valence-electron chi connectivity index (χ0n) is 14.9. The van der Waals surface area contributed by atoms with E-state index < -0.39 is 6.04 Å². The second-order valence-corrected chi connectivity index (χ2v) is 7.36. The Morgan fingerprint density at radius 2 is 1.96 bits per heavy atom. The van der Waals surface area contributed by atoms with Crippen molar-refractivity contribution in [1.29, 1.82) is 5.26 Å². The van der Waals surface area contributed by atoms with Crippen LogP contribution in [0, 0.1) is 11.3 Å². The van der Waals surface area contributed by atoms with E-state index in [0.29, 0.717) is 5.01 Å². The summed E-state index contributed by atoms with van der Waals surface area (Å²) >= 11 is 1.48. The molecule has 1 atom stereocenters. The fourth-order valence-corrected chi connectivity index (χ4v) is 3.77. The maximum absolute atomic E-state index is 12.2. The number of carbonyl (C=O) groups excluding carboxylic acids is 2. The van der Waals surface area contributed by atoms with Crippen molar-refractivity contribution >= 4 is 33.2 Å². The van der Waals surface area contributed by atoms with Gasteiger partial charge in [-0.1, -0.05) is 36.4 Å². The van der Waals surface area contributed by atoms with E-state index in [4.69, 9.17) is 5.26 Å². The molecule has 1 heterocycles. The van der Waals surface area contributed by atoms with Gasteiger partial charge in [-0.05, 0) is 30.2 Å². The first-order chi connectivity index (χ1) is 13.1. The number of fused-ring (bicyclic) bond motifs is 1. The topological polar surface area (TPSA) is 82.8 Å². The van der Waals surface area contributed by atoms with Crippen molar-refractivity contribution in [3.8, 4) is 17.2 Å². The van der Waals surface area contributed by atoms with Gasteiger partial charge >= 0.3 is 0 Å². The molecule has 1 aromatic heterocycles. The minimum absolute atomic E-state index is 0.135. The lowest BCUT2D eigenvalue weighted by molar-refractivity contribution is -0.127. The summed E-state index contributed by atoms with van der Waals surface area (Å²) in [5.41, 5.74) is 3.11. The van der Waals surface area contributed by atoms with Crippen molar-refractivity contribution in [1.82, 2.24) is 10.3 Å². The fraction of sp³-hybridized carbons (Fsp3) is 0.238. The van der Waals surface area contributed by atoms with Crippen LogP contribution < -0.4 is 5.32 Å². The molecule has 27 heavy (non-hydrogen) atoms. The number of aromatic nitrogens is 1. The van der Waals surface area contributed by atoms with E-state index >= 15 is 0 Å². The van der Waals surface area contributed by atoms with Gasteiger partial charge < -0.3 is 5.32 Å². The largest absolute Gasteiger partial charge is 0.346 e. The molecular formula is C21H19N3O2S. The van der Waals surface area contributed by atoms with E-state index in [2.05, 4.69) is 28.5 Å². The molecule has 3 rings (SSSR count). The summed E-state index contributed by atoms with van der Waals surface area (Å²) in [5, 5.41) is 11.9. The molecule has 0 saturated heterocycles. The van der Waals surface area contributed by atoms with E-state index in [9.17, 15) is 9.59 Å². The van der Waals surface area contributed by atoms with Crippen molar-refractivity contribution in [2.75, 3.05) is 0 Å². The molecule has 0 aliphatic rings. The van der Waals surface area contributed by atoms with Crippen LogP contribution in [-0.4, -0.2) is 22.7 Å². The summed E-state index contributed by atoms with van der Waals surface area (Å²) in [4.78, 5) is 28.5. The summed E-state index contributed by atoms with van der Waals surface area (Å²) in [6, 6.07) is 17.5. The minimum Gasteiger partial charge on any atom is -0.346 e. The third-order valence-corrected chi connectivity index (χ3v) is 5.21. The van der Waals surface area contributed by atoms with Crippen LogP contribution in [0.3, 0.4) is 0 Å². The molecule has 0 fully saturated rings.